The van der Waals surface area contributed by atoms with Crippen LogP contribution in [-0.4, -0.2) is 11.8 Å². The summed E-state index contributed by atoms with van der Waals surface area (Å²) in [6.45, 7) is -0.202. The third-order valence-corrected chi connectivity index (χ3v) is 3.09. The molecule has 0 saturated carbocycles. The van der Waals surface area contributed by atoms with Crippen LogP contribution in [0.4, 0.5) is 13.2 Å². The van der Waals surface area contributed by atoms with Crippen LogP contribution in [0.25, 0.3) is 0 Å². The molecule has 0 atom stereocenters. The third-order valence-electron chi connectivity index (χ3n) is 2.86. The molecule has 1 aromatic carbocycles. The number of hydrogen-bond donors (Lipinski definition) is 2. The number of nitrogens with one attached hydrogen (secondary N) is 1. The number of hydrogen-bond acceptors (Lipinski definition) is 3. The molecule has 122 valence electrons. The first-order valence-electron chi connectivity index (χ1n) is 6.22. The number of halogens is 4. The molecule has 0 spiro atoms. The fourth-order valence-electron chi connectivity index (χ4n) is 1.82. The lowest BCUT2D eigenvalue weighted by molar-refractivity contribution is -0.137. The van der Waals surface area contributed by atoms with Gasteiger partial charge in [0.15, 0.2) is 5.76 Å². The van der Waals surface area contributed by atoms with Gasteiger partial charge in [-0.3, -0.25) is 9.59 Å². The lowest BCUT2D eigenvalue weighted by Gasteiger charge is -2.12. The van der Waals surface area contributed by atoms with Gasteiger partial charge in [-0.1, -0.05) is 11.6 Å². The second-order valence-electron chi connectivity index (χ2n) is 4.50. The zero-order valence-electron chi connectivity index (χ0n) is 11.4. The molecule has 2 amide bonds. The van der Waals surface area contributed by atoms with Crippen LogP contribution in [0.15, 0.2) is 34.7 Å². The third kappa shape index (κ3) is 4.04. The molecule has 0 aliphatic heterocycles. The smallest absolute Gasteiger partial charge is 0.417 e. The van der Waals surface area contributed by atoms with Gasteiger partial charge in [0.25, 0.3) is 11.8 Å². The van der Waals surface area contributed by atoms with Crippen LogP contribution in [0.5, 0.6) is 0 Å². The normalized spacial score (nSPS) is 11.3. The first-order chi connectivity index (χ1) is 10.7. The minimum absolute atomic E-state index is 0.114. The molecule has 3 N–H and O–H groups in total. The van der Waals surface area contributed by atoms with E-state index in [4.69, 9.17) is 21.8 Å². The fourth-order valence-corrected chi connectivity index (χ4v) is 1.99. The maximum atomic E-state index is 12.9. The molecule has 0 unspecified atom stereocenters. The molecule has 0 aliphatic carbocycles. The zero-order chi connectivity index (χ0) is 17.2. The first-order valence-corrected chi connectivity index (χ1v) is 6.59. The topological polar surface area (TPSA) is 85.3 Å². The van der Waals surface area contributed by atoms with Gasteiger partial charge in [-0.2, -0.15) is 13.2 Å². The molecule has 0 saturated heterocycles. The van der Waals surface area contributed by atoms with Gasteiger partial charge in [-0.25, -0.2) is 0 Å². The van der Waals surface area contributed by atoms with Crippen molar-refractivity contribution < 1.29 is 27.2 Å². The highest BCUT2D eigenvalue weighted by Gasteiger charge is 2.35. The molecule has 0 bridgehead atoms. The van der Waals surface area contributed by atoms with Crippen molar-refractivity contribution in [2.45, 2.75) is 12.7 Å². The Labute approximate surface area is 133 Å². The van der Waals surface area contributed by atoms with E-state index in [1.54, 1.807) is 0 Å². The lowest BCUT2D eigenvalue weighted by Crippen LogP contribution is -2.25. The van der Waals surface area contributed by atoms with E-state index in [9.17, 15) is 22.8 Å². The van der Waals surface area contributed by atoms with Gasteiger partial charge in [0.2, 0.25) is 0 Å². The van der Waals surface area contributed by atoms with Crippen LogP contribution in [0.1, 0.15) is 32.2 Å². The van der Waals surface area contributed by atoms with Gasteiger partial charge in [0.1, 0.15) is 5.76 Å². The average Bonchev–Trinajstić information content (AvgIpc) is 2.93. The summed E-state index contributed by atoms with van der Waals surface area (Å²) in [6.07, 6.45) is -4.72. The number of nitrogens with two attached hydrogens (primary N) is 1. The molecule has 1 heterocycles. The van der Waals surface area contributed by atoms with E-state index in [1.807, 2.05) is 0 Å². The molecule has 23 heavy (non-hydrogen) atoms. The Morgan fingerprint density at radius 2 is 1.91 bits per heavy atom. The Bertz CT molecular complexity index is 756. The van der Waals surface area contributed by atoms with Crippen molar-refractivity contribution in [3.8, 4) is 0 Å². The van der Waals surface area contributed by atoms with Crippen LogP contribution in [0.3, 0.4) is 0 Å². The van der Waals surface area contributed by atoms with E-state index >= 15 is 0 Å². The second-order valence-corrected chi connectivity index (χ2v) is 4.94. The number of carbonyl (C=O) groups is 2. The molecule has 9 heteroatoms. The summed E-state index contributed by atoms with van der Waals surface area (Å²) in [4.78, 5) is 22.8. The van der Waals surface area contributed by atoms with Crippen molar-refractivity contribution in [2.75, 3.05) is 0 Å². The Morgan fingerprint density at radius 3 is 2.48 bits per heavy atom. The number of benzene rings is 1. The number of rotatable bonds is 4. The predicted molar refractivity (Wildman–Crippen MR) is 74.9 cm³/mol. The van der Waals surface area contributed by atoms with Crippen LogP contribution in [0.2, 0.25) is 5.02 Å². The Balaban J connectivity index is 2.16. The van der Waals surface area contributed by atoms with Gasteiger partial charge < -0.3 is 15.5 Å². The summed E-state index contributed by atoms with van der Waals surface area (Å²) in [5.41, 5.74) is 3.29. The minimum atomic E-state index is -4.72. The first kappa shape index (κ1) is 16.9. The lowest BCUT2D eigenvalue weighted by atomic mass is 10.1. The summed E-state index contributed by atoms with van der Waals surface area (Å²) in [5.74, 6) is -1.68. The molecule has 5 nitrogen and oxygen atoms in total. The molecule has 2 aromatic rings. The van der Waals surface area contributed by atoms with Crippen molar-refractivity contribution in [1.29, 1.82) is 0 Å². The van der Waals surface area contributed by atoms with Crippen LogP contribution in [-0.2, 0) is 12.7 Å². The quantitative estimate of drug-likeness (QED) is 0.892. The monoisotopic (exact) mass is 346 g/mol. The van der Waals surface area contributed by atoms with E-state index < -0.39 is 29.1 Å². The van der Waals surface area contributed by atoms with E-state index in [0.717, 1.165) is 6.07 Å². The summed E-state index contributed by atoms with van der Waals surface area (Å²) in [6, 6.07) is 5.52. The van der Waals surface area contributed by atoms with Crippen molar-refractivity contribution >= 4 is 23.4 Å². The molecule has 0 aliphatic rings. The molecular weight excluding hydrogens is 337 g/mol. The summed E-state index contributed by atoms with van der Waals surface area (Å²) >= 11 is 5.54. The van der Waals surface area contributed by atoms with E-state index in [0.29, 0.717) is 6.07 Å². The summed E-state index contributed by atoms with van der Waals surface area (Å²) in [5, 5.41) is 2.14. The molecule has 2 rings (SSSR count). The van der Waals surface area contributed by atoms with Crippen molar-refractivity contribution in [2.24, 2.45) is 5.73 Å². The minimum Gasteiger partial charge on any atom is -0.454 e. The van der Waals surface area contributed by atoms with E-state index in [1.165, 1.54) is 18.2 Å². The number of alkyl halides is 3. The highest BCUT2D eigenvalue weighted by atomic mass is 35.5. The predicted octanol–water partition coefficient (Wildman–Crippen LogP) is 2.98. The van der Waals surface area contributed by atoms with Crippen molar-refractivity contribution in [1.82, 2.24) is 5.32 Å². The molecule has 0 radical (unpaired) electrons. The number of furan rings is 1. The van der Waals surface area contributed by atoms with E-state index in [-0.39, 0.29) is 23.1 Å². The standard InChI is InChI=1S/C14H10ClF3N2O3/c15-7-1-3-9(10(5-7)14(16,17)18)13(22)20-6-8-2-4-11(23-8)12(19)21/h1-5H,6H2,(H2,19,21)(H,20,22). The van der Waals surface area contributed by atoms with Gasteiger partial charge in [-0.15, -0.1) is 0 Å². The zero-order valence-corrected chi connectivity index (χ0v) is 12.2. The second kappa shape index (κ2) is 6.33. The Kier molecular flexibility index (Phi) is 4.65. The number of primary amides is 1. The highest BCUT2D eigenvalue weighted by molar-refractivity contribution is 6.30. The fraction of sp³-hybridized carbons (Fsp3) is 0.143. The summed E-state index contributed by atoms with van der Waals surface area (Å²) < 4.78 is 43.8. The van der Waals surface area contributed by atoms with Gasteiger partial charge in [-0.05, 0) is 30.3 Å². The Morgan fingerprint density at radius 1 is 1.22 bits per heavy atom. The van der Waals surface area contributed by atoms with Crippen LogP contribution < -0.4 is 11.1 Å². The van der Waals surface area contributed by atoms with Crippen molar-refractivity contribution in [3.05, 3.63) is 58.0 Å². The molecular formula is C14H10ClF3N2O3. The van der Waals surface area contributed by atoms with Crippen LogP contribution >= 0.6 is 11.6 Å². The van der Waals surface area contributed by atoms with E-state index in [2.05, 4.69) is 5.32 Å². The molecule has 0 fully saturated rings. The van der Waals surface area contributed by atoms with Gasteiger partial charge >= 0.3 is 6.18 Å². The van der Waals surface area contributed by atoms with Gasteiger partial charge in [0, 0.05) is 5.02 Å². The highest BCUT2D eigenvalue weighted by Crippen LogP contribution is 2.33. The average molecular weight is 347 g/mol. The SMILES string of the molecule is NC(=O)c1ccc(CNC(=O)c2ccc(Cl)cc2C(F)(F)F)o1. The molecule has 1 aromatic heterocycles. The number of amides is 2. The maximum absolute atomic E-state index is 12.9. The van der Waals surface area contributed by atoms with Gasteiger partial charge in [0.05, 0.1) is 17.7 Å². The van der Waals surface area contributed by atoms with Crippen molar-refractivity contribution in [3.63, 3.8) is 0 Å². The number of carbonyl (C=O) groups excluding carboxylic acids is 2. The van der Waals surface area contributed by atoms with Crippen LogP contribution in [0, 0.1) is 0 Å². The Hall–Kier alpha value is -2.48. The maximum Gasteiger partial charge on any atom is 0.417 e. The summed E-state index contributed by atoms with van der Waals surface area (Å²) in [7, 11) is 0. The largest absolute Gasteiger partial charge is 0.454 e.